The van der Waals surface area contributed by atoms with Gasteiger partial charge in [-0.25, -0.2) is 0 Å². The van der Waals surface area contributed by atoms with Gasteiger partial charge in [-0.15, -0.1) is 10.2 Å². The molecule has 2 aliphatic rings. The molecular weight excluding hydrogens is 292 g/mol. The third-order valence-corrected chi connectivity index (χ3v) is 4.76. The van der Waals surface area contributed by atoms with Crippen molar-refractivity contribution in [2.75, 3.05) is 7.11 Å². The summed E-state index contributed by atoms with van der Waals surface area (Å²) in [5.74, 6) is 3.21. The van der Waals surface area contributed by atoms with E-state index in [1.165, 1.54) is 5.56 Å². The Morgan fingerprint density at radius 2 is 2.35 bits per heavy atom. The Hall–Kier alpha value is -2.37. The highest BCUT2D eigenvalue weighted by Crippen LogP contribution is 2.48. The molecule has 23 heavy (non-hydrogen) atoms. The number of aryl methyl sites for hydroxylation is 1. The van der Waals surface area contributed by atoms with Gasteiger partial charge in [0.25, 0.3) is 0 Å². The van der Waals surface area contributed by atoms with Crippen LogP contribution in [-0.4, -0.2) is 27.8 Å². The average Bonchev–Trinajstić information content (AvgIpc) is 3.09. The van der Waals surface area contributed by atoms with E-state index in [1.807, 2.05) is 18.2 Å². The molecule has 1 aliphatic carbocycles. The predicted molar refractivity (Wildman–Crippen MR) is 84.0 cm³/mol. The number of nitrogens with one attached hydrogen (secondary N) is 1. The first-order valence-electron chi connectivity index (χ1n) is 8.09. The molecule has 0 bridgehead atoms. The molecule has 6 nitrogen and oxygen atoms in total. The van der Waals surface area contributed by atoms with E-state index in [9.17, 15) is 4.79 Å². The summed E-state index contributed by atoms with van der Waals surface area (Å²) >= 11 is 0. The van der Waals surface area contributed by atoms with Gasteiger partial charge in [0.05, 0.1) is 13.7 Å². The number of methoxy groups -OCH3 is 1. The summed E-state index contributed by atoms with van der Waals surface area (Å²) in [4.78, 5) is 12.3. The molecule has 2 aromatic rings. The molecule has 0 radical (unpaired) electrons. The molecule has 1 aromatic carbocycles. The monoisotopic (exact) mass is 312 g/mol. The molecule has 0 saturated heterocycles. The van der Waals surface area contributed by atoms with E-state index in [0.29, 0.717) is 12.5 Å². The SMILES string of the molecule is COc1cccc([C@H]2C[C@H]2C(=O)NCc2nnc3n2CCC3)c1. The maximum atomic E-state index is 12.3. The second kappa shape index (κ2) is 5.68. The van der Waals surface area contributed by atoms with Crippen molar-refractivity contribution in [3.05, 3.63) is 41.5 Å². The lowest BCUT2D eigenvalue weighted by molar-refractivity contribution is -0.122. The summed E-state index contributed by atoms with van der Waals surface area (Å²) in [5.41, 5.74) is 1.17. The minimum atomic E-state index is 0.0584. The standard InChI is InChI=1S/C17H20N4O2/c1-23-12-5-2-4-11(8-12)13-9-14(13)17(22)18-10-16-20-19-15-6-3-7-21(15)16/h2,4-5,8,13-14H,3,6-7,9-10H2,1H3,(H,18,22)/t13-,14-/m1/s1. The number of hydrogen-bond donors (Lipinski definition) is 1. The van der Waals surface area contributed by atoms with Gasteiger partial charge in [-0.05, 0) is 36.5 Å². The van der Waals surface area contributed by atoms with Crippen LogP contribution in [0.25, 0.3) is 0 Å². The first-order valence-corrected chi connectivity index (χ1v) is 8.09. The molecule has 1 aromatic heterocycles. The fraction of sp³-hybridized carbons (Fsp3) is 0.471. The smallest absolute Gasteiger partial charge is 0.224 e. The summed E-state index contributed by atoms with van der Waals surface area (Å²) in [6.07, 6.45) is 3.00. The Balaban J connectivity index is 1.35. The molecule has 4 rings (SSSR count). The number of fused-ring (bicyclic) bond motifs is 1. The van der Waals surface area contributed by atoms with Gasteiger partial charge in [0.1, 0.15) is 11.6 Å². The Kier molecular flexibility index (Phi) is 3.52. The van der Waals surface area contributed by atoms with Crippen molar-refractivity contribution in [2.45, 2.75) is 38.3 Å². The highest BCUT2D eigenvalue weighted by molar-refractivity contribution is 5.82. The van der Waals surface area contributed by atoms with Gasteiger partial charge < -0.3 is 14.6 Å². The summed E-state index contributed by atoms with van der Waals surface area (Å²) in [7, 11) is 1.66. The average molecular weight is 312 g/mol. The summed E-state index contributed by atoms with van der Waals surface area (Å²) in [5, 5.41) is 11.3. The number of rotatable bonds is 5. The maximum absolute atomic E-state index is 12.3. The lowest BCUT2D eigenvalue weighted by Gasteiger charge is -2.06. The normalized spacial score (nSPS) is 21.8. The van der Waals surface area contributed by atoms with Crippen molar-refractivity contribution in [3.8, 4) is 5.75 Å². The third kappa shape index (κ3) is 2.69. The van der Waals surface area contributed by atoms with Gasteiger partial charge in [0.15, 0.2) is 5.82 Å². The minimum absolute atomic E-state index is 0.0584. The van der Waals surface area contributed by atoms with Crippen molar-refractivity contribution < 1.29 is 9.53 Å². The number of aromatic nitrogens is 3. The van der Waals surface area contributed by atoms with Crippen LogP contribution in [0, 0.1) is 5.92 Å². The Morgan fingerprint density at radius 1 is 1.43 bits per heavy atom. The second-order valence-corrected chi connectivity index (χ2v) is 6.23. The zero-order valence-corrected chi connectivity index (χ0v) is 13.2. The number of hydrogen-bond acceptors (Lipinski definition) is 4. The van der Waals surface area contributed by atoms with Crippen LogP contribution in [0.2, 0.25) is 0 Å². The van der Waals surface area contributed by atoms with Gasteiger partial charge in [-0.1, -0.05) is 12.1 Å². The first kappa shape index (κ1) is 14.2. The van der Waals surface area contributed by atoms with Crippen molar-refractivity contribution >= 4 is 5.91 Å². The number of nitrogens with zero attached hydrogens (tertiary/aromatic N) is 3. The third-order valence-electron chi connectivity index (χ3n) is 4.76. The van der Waals surface area contributed by atoms with E-state index in [2.05, 4.69) is 26.1 Å². The molecule has 1 aliphatic heterocycles. The van der Waals surface area contributed by atoms with Gasteiger partial charge in [-0.3, -0.25) is 4.79 Å². The van der Waals surface area contributed by atoms with E-state index in [1.54, 1.807) is 7.11 Å². The molecule has 2 atom stereocenters. The minimum Gasteiger partial charge on any atom is -0.497 e. The van der Waals surface area contributed by atoms with Crippen LogP contribution in [-0.2, 0) is 24.3 Å². The zero-order valence-electron chi connectivity index (χ0n) is 13.2. The quantitative estimate of drug-likeness (QED) is 0.911. The summed E-state index contributed by atoms with van der Waals surface area (Å²) < 4.78 is 7.37. The molecule has 120 valence electrons. The zero-order chi connectivity index (χ0) is 15.8. The Morgan fingerprint density at radius 3 is 3.22 bits per heavy atom. The molecule has 1 fully saturated rings. The Bertz CT molecular complexity index is 740. The van der Waals surface area contributed by atoms with Crippen LogP contribution in [0.3, 0.4) is 0 Å². The highest BCUT2D eigenvalue weighted by Gasteiger charge is 2.44. The topological polar surface area (TPSA) is 69.0 Å². The van der Waals surface area contributed by atoms with E-state index < -0.39 is 0 Å². The summed E-state index contributed by atoms with van der Waals surface area (Å²) in [6, 6.07) is 7.98. The van der Waals surface area contributed by atoms with Gasteiger partial charge in [-0.2, -0.15) is 0 Å². The van der Waals surface area contributed by atoms with Crippen LogP contribution >= 0.6 is 0 Å². The lowest BCUT2D eigenvalue weighted by atomic mass is 10.1. The van der Waals surface area contributed by atoms with Crippen molar-refractivity contribution in [1.29, 1.82) is 0 Å². The van der Waals surface area contributed by atoms with Crippen LogP contribution in [0.4, 0.5) is 0 Å². The van der Waals surface area contributed by atoms with Gasteiger partial charge >= 0.3 is 0 Å². The fourth-order valence-electron chi connectivity index (χ4n) is 3.36. The summed E-state index contributed by atoms with van der Waals surface area (Å²) in [6.45, 7) is 1.43. The number of carbonyl (C=O) groups excluding carboxylic acids is 1. The van der Waals surface area contributed by atoms with Crippen molar-refractivity contribution in [3.63, 3.8) is 0 Å². The second-order valence-electron chi connectivity index (χ2n) is 6.23. The van der Waals surface area contributed by atoms with Crippen molar-refractivity contribution in [1.82, 2.24) is 20.1 Å². The molecule has 6 heteroatoms. The van der Waals surface area contributed by atoms with Crippen LogP contribution in [0.1, 0.15) is 36.0 Å². The molecule has 1 amide bonds. The lowest BCUT2D eigenvalue weighted by Crippen LogP contribution is -2.26. The maximum Gasteiger partial charge on any atom is 0.224 e. The fourth-order valence-corrected chi connectivity index (χ4v) is 3.36. The largest absolute Gasteiger partial charge is 0.497 e. The number of benzene rings is 1. The molecule has 1 saturated carbocycles. The van der Waals surface area contributed by atoms with Crippen LogP contribution in [0.15, 0.2) is 24.3 Å². The molecular formula is C17H20N4O2. The molecule has 0 spiro atoms. The Labute approximate surface area is 134 Å². The van der Waals surface area contributed by atoms with Crippen LogP contribution in [0.5, 0.6) is 5.75 Å². The van der Waals surface area contributed by atoms with Gasteiger partial charge in [0, 0.05) is 18.9 Å². The molecule has 2 heterocycles. The van der Waals surface area contributed by atoms with E-state index in [0.717, 1.165) is 43.2 Å². The van der Waals surface area contributed by atoms with Gasteiger partial charge in [0.2, 0.25) is 5.91 Å². The van der Waals surface area contributed by atoms with Crippen LogP contribution < -0.4 is 10.1 Å². The first-order chi connectivity index (χ1) is 11.3. The van der Waals surface area contributed by atoms with E-state index in [-0.39, 0.29) is 11.8 Å². The number of ether oxygens (including phenoxy) is 1. The highest BCUT2D eigenvalue weighted by atomic mass is 16.5. The van der Waals surface area contributed by atoms with E-state index >= 15 is 0 Å². The number of amides is 1. The predicted octanol–water partition coefficient (Wildman–Crippen LogP) is 1.65. The van der Waals surface area contributed by atoms with Crippen molar-refractivity contribution in [2.24, 2.45) is 5.92 Å². The molecule has 1 N–H and O–H groups in total. The number of carbonyl (C=O) groups is 1. The van der Waals surface area contributed by atoms with E-state index in [4.69, 9.17) is 4.74 Å². The molecule has 0 unspecified atom stereocenters.